The summed E-state index contributed by atoms with van der Waals surface area (Å²) in [5, 5.41) is 0.798. The van der Waals surface area contributed by atoms with Gasteiger partial charge in [0.15, 0.2) is 5.76 Å². The molecule has 1 aromatic heterocycles. The zero-order valence-electron chi connectivity index (χ0n) is 10.9. The number of hydrogen-bond donors (Lipinski definition) is 2. The molecule has 0 radical (unpaired) electrons. The van der Waals surface area contributed by atoms with Crippen molar-refractivity contribution in [3.05, 3.63) is 29.5 Å². The fourth-order valence-electron chi connectivity index (χ4n) is 1.75. The summed E-state index contributed by atoms with van der Waals surface area (Å²) in [6.45, 7) is 3.07. The van der Waals surface area contributed by atoms with Gasteiger partial charge < -0.3 is 9.15 Å². The van der Waals surface area contributed by atoms with Crippen molar-refractivity contribution in [1.29, 1.82) is 0 Å². The van der Waals surface area contributed by atoms with Crippen molar-refractivity contribution < 1.29 is 18.7 Å². The van der Waals surface area contributed by atoms with E-state index in [0.29, 0.717) is 16.9 Å². The van der Waals surface area contributed by atoms with Crippen molar-refractivity contribution in [3.63, 3.8) is 0 Å². The Bertz CT molecular complexity index is 645. The standard InChI is InChI=1S/C13H14N2O4/c1-7-10-6-9(18-3)4-5-11(10)19-12(7)13(17)15-14-8(2)16/h4-6H,1-3H3,(H,14,16)(H,15,17). The number of hydrazine groups is 1. The highest BCUT2D eigenvalue weighted by Gasteiger charge is 2.18. The van der Waals surface area contributed by atoms with Gasteiger partial charge in [-0.05, 0) is 25.1 Å². The Morgan fingerprint density at radius 3 is 2.63 bits per heavy atom. The van der Waals surface area contributed by atoms with Crippen molar-refractivity contribution in [3.8, 4) is 5.75 Å². The number of fused-ring (bicyclic) bond motifs is 1. The molecule has 2 aromatic rings. The molecule has 0 aliphatic carbocycles. The van der Waals surface area contributed by atoms with Crippen LogP contribution < -0.4 is 15.6 Å². The molecule has 0 saturated carbocycles. The van der Waals surface area contributed by atoms with E-state index in [0.717, 1.165) is 5.39 Å². The maximum Gasteiger partial charge on any atom is 0.305 e. The van der Waals surface area contributed by atoms with Crippen LogP contribution in [0.15, 0.2) is 22.6 Å². The monoisotopic (exact) mass is 262 g/mol. The SMILES string of the molecule is COc1ccc2oc(C(=O)NNC(C)=O)c(C)c2c1. The van der Waals surface area contributed by atoms with Crippen LogP contribution in [0, 0.1) is 6.92 Å². The van der Waals surface area contributed by atoms with E-state index < -0.39 is 5.91 Å². The second kappa shape index (κ2) is 5.01. The van der Waals surface area contributed by atoms with Gasteiger partial charge in [0.1, 0.15) is 11.3 Å². The minimum absolute atomic E-state index is 0.164. The zero-order valence-corrected chi connectivity index (χ0v) is 10.9. The number of furan rings is 1. The van der Waals surface area contributed by atoms with Crippen LogP contribution in [-0.2, 0) is 4.79 Å². The summed E-state index contributed by atoms with van der Waals surface area (Å²) < 4.78 is 10.6. The highest BCUT2D eigenvalue weighted by molar-refractivity contribution is 5.99. The number of ether oxygens (including phenoxy) is 1. The maximum atomic E-state index is 11.8. The van der Waals surface area contributed by atoms with Gasteiger partial charge >= 0.3 is 5.91 Å². The molecule has 19 heavy (non-hydrogen) atoms. The van der Waals surface area contributed by atoms with Crippen molar-refractivity contribution in [2.45, 2.75) is 13.8 Å². The molecule has 100 valence electrons. The normalized spacial score (nSPS) is 10.3. The third kappa shape index (κ3) is 2.52. The first-order valence-corrected chi connectivity index (χ1v) is 5.67. The van der Waals surface area contributed by atoms with Crippen LogP contribution in [0.2, 0.25) is 0 Å². The number of carbonyl (C=O) groups is 2. The molecule has 6 nitrogen and oxygen atoms in total. The van der Waals surface area contributed by atoms with E-state index in [1.54, 1.807) is 32.2 Å². The summed E-state index contributed by atoms with van der Waals surface area (Å²) in [5.41, 5.74) is 5.76. The smallest absolute Gasteiger partial charge is 0.305 e. The minimum Gasteiger partial charge on any atom is -0.497 e. The molecule has 2 amide bonds. The van der Waals surface area contributed by atoms with Gasteiger partial charge in [0.05, 0.1) is 7.11 Å². The summed E-state index contributed by atoms with van der Waals surface area (Å²) in [7, 11) is 1.57. The van der Waals surface area contributed by atoms with E-state index in [1.165, 1.54) is 6.92 Å². The maximum absolute atomic E-state index is 11.8. The molecule has 1 aromatic carbocycles. The third-order valence-electron chi connectivity index (χ3n) is 2.70. The number of nitrogens with one attached hydrogen (secondary N) is 2. The molecule has 2 rings (SSSR count). The predicted molar refractivity (Wildman–Crippen MR) is 68.8 cm³/mol. The molecule has 0 spiro atoms. The lowest BCUT2D eigenvalue weighted by Crippen LogP contribution is -2.40. The highest BCUT2D eigenvalue weighted by Crippen LogP contribution is 2.28. The Labute approximate surface area is 109 Å². The predicted octanol–water partition coefficient (Wildman–Crippen LogP) is 1.53. The Kier molecular flexibility index (Phi) is 3.41. The van der Waals surface area contributed by atoms with Gasteiger partial charge in [0.25, 0.3) is 0 Å². The van der Waals surface area contributed by atoms with Crippen LogP contribution in [0.1, 0.15) is 23.0 Å². The number of carbonyl (C=O) groups excluding carboxylic acids is 2. The van der Waals surface area contributed by atoms with Crippen LogP contribution in [0.3, 0.4) is 0 Å². The Morgan fingerprint density at radius 1 is 1.26 bits per heavy atom. The van der Waals surface area contributed by atoms with E-state index in [2.05, 4.69) is 10.9 Å². The molecule has 2 N–H and O–H groups in total. The second-order valence-corrected chi connectivity index (χ2v) is 4.05. The lowest BCUT2D eigenvalue weighted by Gasteiger charge is -2.02. The van der Waals surface area contributed by atoms with Gasteiger partial charge in [-0.25, -0.2) is 0 Å². The lowest BCUT2D eigenvalue weighted by molar-refractivity contribution is -0.119. The number of amides is 2. The average molecular weight is 262 g/mol. The summed E-state index contributed by atoms with van der Waals surface area (Å²) in [5.74, 6) is -0.00567. The summed E-state index contributed by atoms with van der Waals surface area (Å²) in [6, 6.07) is 5.28. The van der Waals surface area contributed by atoms with Gasteiger partial charge in [0.2, 0.25) is 5.91 Å². The molecule has 6 heteroatoms. The topological polar surface area (TPSA) is 80.6 Å². The fraction of sp³-hybridized carbons (Fsp3) is 0.231. The Balaban J connectivity index is 2.36. The third-order valence-corrected chi connectivity index (χ3v) is 2.70. The van der Waals surface area contributed by atoms with Gasteiger partial charge in [-0.2, -0.15) is 0 Å². The largest absolute Gasteiger partial charge is 0.497 e. The van der Waals surface area contributed by atoms with Gasteiger partial charge in [-0.15, -0.1) is 0 Å². The molecule has 0 aliphatic rings. The van der Waals surface area contributed by atoms with Crippen molar-refractivity contribution >= 4 is 22.8 Å². The average Bonchev–Trinajstić information content (AvgIpc) is 2.73. The molecule has 0 atom stereocenters. The van der Waals surface area contributed by atoms with Crippen LogP contribution in [0.25, 0.3) is 11.0 Å². The van der Waals surface area contributed by atoms with Crippen LogP contribution in [0.5, 0.6) is 5.75 Å². The van der Waals surface area contributed by atoms with E-state index >= 15 is 0 Å². The Hall–Kier alpha value is -2.50. The Morgan fingerprint density at radius 2 is 2.00 bits per heavy atom. The van der Waals surface area contributed by atoms with E-state index in [1.807, 2.05) is 0 Å². The quantitative estimate of drug-likeness (QED) is 0.804. The first kappa shape index (κ1) is 12.9. The minimum atomic E-state index is -0.497. The van der Waals surface area contributed by atoms with Gasteiger partial charge in [0, 0.05) is 17.9 Å². The van der Waals surface area contributed by atoms with Crippen LogP contribution in [-0.4, -0.2) is 18.9 Å². The molecule has 0 unspecified atom stereocenters. The lowest BCUT2D eigenvalue weighted by atomic mass is 10.1. The van der Waals surface area contributed by atoms with Crippen LogP contribution in [0.4, 0.5) is 0 Å². The number of benzene rings is 1. The summed E-state index contributed by atoms with van der Waals surface area (Å²) >= 11 is 0. The molecule has 0 saturated heterocycles. The van der Waals surface area contributed by atoms with Crippen molar-refractivity contribution in [2.24, 2.45) is 0 Å². The number of hydrogen-bond acceptors (Lipinski definition) is 4. The van der Waals surface area contributed by atoms with Crippen molar-refractivity contribution in [1.82, 2.24) is 10.9 Å². The number of rotatable bonds is 2. The van der Waals surface area contributed by atoms with Gasteiger partial charge in [-0.3, -0.25) is 20.4 Å². The van der Waals surface area contributed by atoms with Crippen molar-refractivity contribution in [2.75, 3.05) is 7.11 Å². The number of methoxy groups -OCH3 is 1. The first-order valence-electron chi connectivity index (χ1n) is 5.67. The second-order valence-electron chi connectivity index (χ2n) is 4.05. The molecular formula is C13H14N2O4. The first-order chi connectivity index (χ1) is 9.02. The summed E-state index contributed by atoms with van der Waals surface area (Å²) in [6.07, 6.45) is 0. The molecule has 0 bridgehead atoms. The summed E-state index contributed by atoms with van der Waals surface area (Å²) in [4.78, 5) is 22.6. The molecule has 0 fully saturated rings. The fourth-order valence-corrected chi connectivity index (χ4v) is 1.75. The number of aryl methyl sites for hydroxylation is 1. The van der Waals surface area contributed by atoms with E-state index in [-0.39, 0.29) is 11.7 Å². The van der Waals surface area contributed by atoms with E-state index in [4.69, 9.17) is 9.15 Å². The molecule has 0 aliphatic heterocycles. The van der Waals surface area contributed by atoms with Crippen LogP contribution >= 0.6 is 0 Å². The highest BCUT2D eigenvalue weighted by atomic mass is 16.5. The van der Waals surface area contributed by atoms with E-state index in [9.17, 15) is 9.59 Å². The molecular weight excluding hydrogens is 248 g/mol. The molecule has 1 heterocycles. The zero-order chi connectivity index (χ0) is 14.0. The van der Waals surface area contributed by atoms with Gasteiger partial charge in [-0.1, -0.05) is 0 Å².